The Labute approximate surface area is 181 Å². The molecule has 2 amide bonds. The third kappa shape index (κ3) is 5.95. The number of nitrogens with one attached hydrogen (secondary N) is 1. The zero-order chi connectivity index (χ0) is 20.8. The summed E-state index contributed by atoms with van der Waals surface area (Å²) in [5.41, 5.74) is 2.67. The molecule has 0 atom stereocenters. The van der Waals surface area contributed by atoms with Crippen molar-refractivity contribution < 1.29 is 9.59 Å². The first-order valence-corrected chi connectivity index (χ1v) is 10.5. The molecule has 1 aliphatic rings. The highest BCUT2D eigenvalue weighted by atomic mass is 35.5. The number of anilines is 1. The van der Waals surface area contributed by atoms with Crippen LogP contribution in [0.25, 0.3) is 0 Å². The van der Waals surface area contributed by atoms with Gasteiger partial charge in [-0.25, -0.2) is 0 Å². The summed E-state index contributed by atoms with van der Waals surface area (Å²) in [6.07, 6.45) is 0.784. The molecule has 5 nitrogen and oxygen atoms in total. The van der Waals surface area contributed by atoms with Crippen molar-refractivity contribution >= 4 is 40.7 Å². The van der Waals surface area contributed by atoms with Gasteiger partial charge in [-0.15, -0.1) is 0 Å². The number of carbonyl (C=O) groups excluding carboxylic acids is 2. The monoisotopic (exact) mass is 433 g/mol. The van der Waals surface area contributed by atoms with Gasteiger partial charge in [0.2, 0.25) is 11.8 Å². The van der Waals surface area contributed by atoms with Crippen LogP contribution in [0.5, 0.6) is 0 Å². The molecule has 0 saturated carbocycles. The Bertz CT molecular complexity index is 860. The van der Waals surface area contributed by atoms with Gasteiger partial charge >= 0.3 is 0 Å². The Balaban J connectivity index is 1.42. The molecule has 1 saturated heterocycles. The summed E-state index contributed by atoms with van der Waals surface area (Å²) in [7, 11) is 0. The predicted octanol–water partition coefficient (Wildman–Crippen LogP) is 4.02. The average molecular weight is 434 g/mol. The van der Waals surface area contributed by atoms with Crippen molar-refractivity contribution in [3.05, 3.63) is 63.6 Å². The number of hydrogen-bond acceptors (Lipinski definition) is 3. The van der Waals surface area contributed by atoms with E-state index in [2.05, 4.69) is 10.2 Å². The van der Waals surface area contributed by atoms with Crippen molar-refractivity contribution in [3.8, 4) is 0 Å². The summed E-state index contributed by atoms with van der Waals surface area (Å²) in [6.45, 7) is 5.56. The summed E-state index contributed by atoms with van der Waals surface area (Å²) in [4.78, 5) is 28.9. The molecule has 2 aromatic carbocycles. The minimum Gasteiger partial charge on any atom is -0.340 e. The maximum atomic E-state index is 12.6. The average Bonchev–Trinajstić information content (AvgIpc) is 2.71. The molecular formula is C22H25Cl2N3O2. The predicted molar refractivity (Wildman–Crippen MR) is 118 cm³/mol. The number of nitrogens with zero attached hydrogens (tertiary/aromatic N) is 2. The maximum absolute atomic E-state index is 12.6. The molecule has 2 aromatic rings. The van der Waals surface area contributed by atoms with E-state index in [9.17, 15) is 9.59 Å². The van der Waals surface area contributed by atoms with Crippen molar-refractivity contribution in [1.29, 1.82) is 0 Å². The van der Waals surface area contributed by atoms with Crippen molar-refractivity contribution in [2.24, 2.45) is 0 Å². The fourth-order valence-corrected chi connectivity index (χ4v) is 3.87. The van der Waals surface area contributed by atoms with Gasteiger partial charge in [0.1, 0.15) is 0 Å². The number of benzene rings is 2. The summed E-state index contributed by atoms with van der Waals surface area (Å²) in [5.74, 6) is 0.0307. The van der Waals surface area contributed by atoms with E-state index in [4.69, 9.17) is 23.2 Å². The number of halogens is 2. The third-order valence-electron chi connectivity index (χ3n) is 5.21. The fourth-order valence-electron chi connectivity index (χ4n) is 3.38. The van der Waals surface area contributed by atoms with Crippen molar-refractivity contribution in [2.75, 3.05) is 38.0 Å². The molecule has 1 aliphatic heterocycles. The van der Waals surface area contributed by atoms with Gasteiger partial charge in [-0.3, -0.25) is 14.5 Å². The molecule has 154 valence electrons. The van der Waals surface area contributed by atoms with Crippen LogP contribution in [-0.4, -0.2) is 54.3 Å². The highest BCUT2D eigenvalue weighted by Gasteiger charge is 2.22. The Kier molecular flexibility index (Phi) is 7.53. The largest absolute Gasteiger partial charge is 0.340 e. The van der Waals surface area contributed by atoms with Crippen molar-refractivity contribution in [1.82, 2.24) is 9.80 Å². The van der Waals surface area contributed by atoms with E-state index < -0.39 is 0 Å². The van der Waals surface area contributed by atoms with Crippen molar-refractivity contribution in [2.45, 2.75) is 19.8 Å². The number of rotatable bonds is 6. The van der Waals surface area contributed by atoms with Crippen LogP contribution in [0.15, 0.2) is 42.5 Å². The number of para-hydroxylation sites is 1. The maximum Gasteiger partial charge on any atom is 0.227 e. The second-order valence-electron chi connectivity index (χ2n) is 7.22. The van der Waals surface area contributed by atoms with Gasteiger partial charge < -0.3 is 10.2 Å². The number of aryl methyl sites for hydroxylation is 1. The summed E-state index contributed by atoms with van der Waals surface area (Å²) in [5, 5.41) is 3.63. The lowest BCUT2D eigenvalue weighted by Gasteiger charge is -2.34. The Morgan fingerprint density at radius 2 is 1.62 bits per heavy atom. The SMILES string of the molecule is Cc1ccccc1CC(=O)N1CCN(CCC(=O)Nc2c(Cl)cccc2Cl)CC1. The molecule has 0 aliphatic carbocycles. The Morgan fingerprint density at radius 3 is 2.28 bits per heavy atom. The summed E-state index contributed by atoms with van der Waals surface area (Å²) in [6, 6.07) is 13.1. The minimum absolute atomic E-state index is 0.127. The van der Waals surface area contributed by atoms with Gasteiger partial charge in [0.15, 0.2) is 0 Å². The van der Waals surface area contributed by atoms with Gasteiger partial charge in [0.25, 0.3) is 0 Å². The summed E-state index contributed by atoms with van der Waals surface area (Å²) >= 11 is 12.2. The number of hydrogen-bond donors (Lipinski definition) is 1. The number of piperazine rings is 1. The van der Waals surface area contributed by atoms with Gasteiger partial charge in [-0.2, -0.15) is 0 Å². The van der Waals surface area contributed by atoms with Crippen LogP contribution in [0.3, 0.4) is 0 Å². The standard InChI is InChI=1S/C22H25Cl2N3O2/c1-16-5-2-3-6-17(16)15-21(29)27-13-11-26(12-14-27)10-9-20(28)25-22-18(23)7-4-8-19(22)24/h2-8H,9-15H2,1H3,(H,25,28). The molecule has 1 N–H and O–H groups in total. The van der Waals surface area contributed by atoms with Crippen LogP contribution in [-0.2, 0) is 16.0 Å². The molecule has 0 unspecified atom stereocenters. The molecular weight excluding hydrogens is 409 g/mol. The van der Waals surface area contributed by atoms with Crippen LogP contribution in [0.1, 0.15) is 17.5 Å². The normalized spacial score (nSPS) is 14.7. The number of carbonyl (C=O) groups is 2. The highest BCUT2D eigenvalue weighted by Crippen LogP contribution is 2.29. The van der Waals surface area contributed by atoms with Gasteiger partial charge in [0, 0.05) is 39.1 Å². The Hall–Kier alpha value is -2.08. The van der Waals surface area contributed by atoms with Crippen LogP contribution in [0.2, 0.25) is 10.0 Å². The Morgan fingerprint density at radius 1 is 0.966 bits per heavy atom. The fraction of sp³-hybridized carbons (Fsp3) is 0.364. The zero-order valence-electron chi connectivity index (χ0n) is 16.5. The first-order chi connectivity index (χ1) is 13.9. The van der Waals surface area contributed by atoms with E-state index in [0.29, 0.717) is 48.2 Å². The van der Waals surface area contributed by atoms with E-state index in [1.54, 1.807) is 18.2 Å². The molecule has 0 aromatic heterocycles. The number of amides is 2. The third-order valence-corrected chi connectivity index (χ3v) is 5.84. The first-order valence-electron chi connectivity index (χ1n) is 9.72. The lowest BCUT2D eigenvalue weighted by atomic mass is 10.1. The van der Waals surface area contributed by atoms with E-state index in [0.717, 1.165) is 24.2 Å². The molecule has 1 heterocycles. The molecule has 1 fully saturated rings. The molecule has 0 radical (unpaired) electrons. The van der Waals surface area contributed by atoms with Crippen LogP contribution in [0.4, 0.5) is 5.69 Å². The quantitative estimate of drug-likeness (QED) is 0.748. The smallest absolute Gasteiger partial charge is 0.227 e. The highest BCUT2D eigenvalue weighted by molar-refractivity contribution is 6.39. The minimum atomic E-state index is -0.127. The molecule has 29 heavy (non-hydrogen) atoms. The van der Waals surface area contributed by atoms with Crippen LogP contribution >= 0.6 is 23.2 Å². The topological polar surface area (TPSA) is 52.7 Å². The molecule has 7 heteroatoms. The summed E-state index contributed by atoms with van der Waals surface area (Å²) < 4.78 is 0. The van der Waals surface area contributed by atoms with E-state index >= 15 is 0 Å². The lowest BCUT2D eigenvalue weighted by molar-refractivity contribution is -0.132. The van der Waals surface area contributed by atoms with Crippen LogP contribution in [0, 0.1) is 6.92 Å². The van der Waals surface area contributed by atoms with Gasteiger partial charge in [-0.1, -0.05) is 53.5 Å². The van der Waals surface area contributed by atoms with E-state index in [1.807, 2.05) is 36.1 Å². The molecule has 0 spiro atoms. The van der Waals surface area contributed by atoms with Crippen molar-refractivity contribution in [3.63, 3.8) is 0 Å². The second kappa shape index (κ2) is 10.1. The van der Waals surface area contributed by atoms with Gasteiger partial charge in [0.05, 0.1) is 22.2 Å². The second-order valence-corrected chi connectivity index (χ2v) is 8.03. The van der Waals surface area contributed by atoms with Crippen LogP contribution < -0.4 is 5.32 Å². The lowest BCUT2D eigenvalue weighted by Crippen LogP contribution is -2.49. The van der Waals surface area contributed by atoms with Gasteiger partial charge in [-0.05, 0) is 30.2 Å². The zero-order valence-corrected chi connectivity index (χ0v) is 18.0. The van der Waals surface area contributed by atoms with E-state index in [-0.39, 0.29) is 11.8 Å². The van der Waals surface area contributed by atoms with E-state index in [1.165, 1.54) is 0 Å². The molecule has 0 bridgehead atoms. The first kappa shape index (κ1) is 21.6. The molecule has 3 rings (SSSR count).